The maximum absolute atomic E-state index is 12.6. The van der Waals surface area contributed by atoms with Gasteiger partial charge in [0.05, 0.1) is 18.4 Å². The fourth-order valence-corrected chi connectivity index (χ4v) is 3.04. The number of carbonyl (C=O) groups is 2. The molecule has 9 heteroatoms. The molecule has 3 aromatic heterocycles. The molecule has 0 saturated carbocycles. The van der Waals surface area contributed by atoms with Crippen LogP contribution in [0, 0.1) is 6.92 Å². The van der Waals surface area contributed by atoms with Gasteiger partial charge < -0.3 is 15.1 Å². The molecule has 2 N–H and O–H groups in total. The van der Waals surface area contributed by atoms with Gasteiger partial charge in [-0.2, -0.15) is 0 Å². The molecule has 0 spiro atoms. The first-order chi connectivity index (χ1) is 15.0. The summed E-state index contributed by atoms with van der Waals surface area (Å²) in [6.45, 7) is 2.36. The van der Waals surface area contributed by atoms with Crippen LogP contribution in [0.2, 0.25) is 0 Å². The van der Waals surface area contributed by atoms with Gasteiger partial charge in [-0.3, -0.25) is 9.59 Å². The van der Waals surface area contributed by atoms with E-state index in [1.165, 1.54) is 16.9 Å². The second-order valence-corrected chi connectivity index (χ2v) is 7.11. The summed E-state index contributed by atoms with van der Waals surface area (Å²) in [5.74, 6) is -0.0757. The van der Waals surface area contributed by atoms with Crippen LogP contribution in [0.1, 0.15) is 27.2 Å². The number of hydrogen-bond donors (Lipinski definition) is 2. The summed E-state index contributed by atoms with van der Waals surface area (Å²) in [7, 11) is 0. The molecule has 0 saturated heterocycles. The summed E-state index contributed by atoms with van der Waals surface area (Å²) in [6, 6.07) is 14.5. The smallest absolute Gasteiger partial charge is 0.350 e. The van der Waals surface area contributed by atoms with Crippen LogP contribution in [0.15, 0.2) is 70.2 Å². The molecule has 2 amide bonds. The van der Waals surface area contributed by atoms with Crippen molar-refractivity contribution in [2.45, 2.75) is 26.6 Å². The predicted molar refractivity (Wildman–Crippen MR) is 112 cm³/mol. The Labute approximate surface area is 177 Å². The molecule has 1 aromatic carbocycles. The van der Waals surface area contributed by atoms with E-state index in [0.717, 1.165) is 15.8 Å². The van der Waals surface area contributed by atoms with Crippen molar-refractivity contribution in [3.8, 4) is 0 Å². The molecule has 3 heterocycles. The molecule has 0 bridgehead atoms. The number of benzene rings is 1. The fourth-order valence-electron chi connectivity index (χ4n) is 3.04. The van der Waals surface area contributed by atoms with Gasteiger partial charge in [0.25, 0.3) is 5.91 Å². The molecule has 0 aliphatic carbocycles. The molecule has 158 valence electrons. The summed E-state index contributed by atoms with van der Waals surface area (Å²) in [5, 5.41) is 9.65. The second-order valence-electron chi connectivity index (χ2n) is 7.11. The number of nitrogens with one attached hydrogen (secondary N) is 2. The third-order valence-corrected chi connectivity index (χ3v) is 4.75. The Bertz CT molecular complexity index is 1270. The van der Waals surface area contributed by atoms with Crippen LogP contribution in [0.5, 0.6) is 0 Å². The zero-order valence-corrected chi connectivity index (χ0v) is 16.9. The topological polar surface area (TPSA) is 111 Å². The van der Waals surface area contributed by atoms with Crippen molar-refractivity contribution in [3.05, 3.63) is 93.9 Å². The standard InChI is InChI=1S/C22H21N5O4/c1-15-4-6-16(7-5-15)11-24-21(29)17-8-9-19-25-27(22(30)26(19)13-17)14-20(28)23-12-18-3-2-10-31-18/h2-10,13H,11-12,14H2,1H3,(H,23,28)(H,24,29). The number of fused-ring (bicyclic) bond motifs is 1. The molecule has 31 heavy (non-hydrogen) atoms. The van der Waals surface area contributed by atoms with Crippen LogP contribution in [0.4, 0.5) is 0 Å². The molecular weight excluding hydrogens is 398 g/mol. The lowest BCUT2D eigenvalue weighted by Crippen LogP contribution is -2.32. The summed E-state index contributed by atoms with van der Waals surface area (Å²) in [6.07, 6.45) is 2.94. The van der Waals surface area contributed by atoms with Gasteiger partial charge in [0, 0.05) is 12.7 Å². The molecule has 0 unspecified atom stereocenters. The monoisotopic (exact) mass is 419 g/mol. The molecule has 4 aromatic rings. The van der Waals surface area contributed by atoms with Crippen molar-refractivity contribution in [2.75, 3.05) is 0 Å². The molecule has 0 fully saturated rings. The van der Waals surface area contributed by atoms with Gasteiger partial charge in [0.2, 0.25) is 5.91 Å². The molecule has 0 radical (unpaired) electrons. The van der Waals surface area contributed by atoms with Crippen molar-refractivity contribution in [1.29, 1.82) is 0 Å². The Hall–Kier alpha value is -4.14. The van der Waals surface area contributed by atoms with E-state index in [0.29, 0.717) is 23.5 Å². The van der Waals surface area contributed by atoms with Crippen molar-refractivity contribution >= 4 is 17.5 Å². The van der Waals surface area contributed by atoms with E-state index in [1.54, 1.807) is 24.3 Å². The average molecular weight is 419 g/mol. The Morgan fingerprint density at radius 3 is 2.58 bits per heavy atom. The largest absolute Gasteiger partial charge is 0.467 e. The minimum absolute atomic E-state index is 0.221. The van der Waals surface area contributed by atoms with Crippen LogP contribution in [-0.2, 0) is 24.4 Å². The average Bonchev–Trinajstić information content (AvgIpc) is 3.40. The highest BCUT2D eigenvalue weighted by molar-refractivity contribution is 5.94. The lowest BCUT2D eigenvalue weighted by molar-refractivity contribution is -0.122. The van der Waals surface area contributed by atoms with Crippen LogP contribution in [-0.4, -0.2) is 26.0 Å². The highest BCUT2D eigenvalue weighted by atomic mass is 16.3. The van der Waals surface area contributed by atoms with E-state index in [1.807, 2.05) is 31.2 Å². The minimum atomic E-state index is -0.503. The lowest BCUT2D eigenvalue weighted by Gasteiger charge is -2.06. The summed E-state index contributed by atoms with van der Waals surface area (Å²) in [4.78, 5) is 37.2. The summed E-state index contributed by atoms with van der Waals surface area (Å²) < 4.78 is 7.46. The predicted octanol–water partition coefficient (Wildman–Crippen LogP) is 1.64. The Balaban J connectivity index is 1.43. The molecule has 4 rings (SSSR count). The van der Waals surface area contributed by atoms with Crippen molar-refractivity contribution < 1.29 is 14.0 Å². The number of carbonyl (C=O) groups excluding carboxylic acids is 2. The molecular formula is C22H21N5O4. The first-order valence-corrected chi connectivity index (χ1v) is 9.71. The normalized spacial score (nSPS) is 10.9. The number of amides is 2. The number of aromatic nitrogens is 3. The maximum atomic E-state index is 12.6. The van der Waals surface area contributed by atoms with Gasteiger partial charge in [-0.1, -0.05) is 29.8 Å². The Kier molecular flexibility index (Phi) is 5.65. The van der Waals surface area contributed by atoms with E-state index >= 15 is 0 Å². The number of aryl methyl sites for hydroxylation is 1. The molecule has 0 aliphatic heterocycles. The Morgan fingerprint density at radius 2 is 1.84 bits per heavy atom. The third kappa shape index (κ3) is 4.72. The van der Waals surface area contributed by atoms with Gasteiger partial charge in [0.1, 0.15) is 12.3 Å². The van der Waals surface area contributed by atoms with Crippen LogP contribution >= 0.6 is 0 Å². The van der Waals surface area contributed by atoms with Crippen LogP contribution < -0.4 is 16.3 Å². The van der Waals surface area contributed by atoms with Crippen LogP contribution in [0.3, 0.4) is 0 Å². The van der Waals surface area contributed by atoms with Gasteiger partial charge in [0.15, 0.2) is 5.65 Å². The van der Waals surface area contributed by atoms with Crippen molar-refractivity contribution in [3.63, 3.8) is 0 Å². The van der Waals surface area contributed by atoms with E-state index in [-0.39, 0.29) is 24.9 Å². The fraction of sp³-hybridized carbons (Fsp3) is 0.182. The lowest BCUT2D eigenvalue weighted by atomic mass is 10.1. The van der Waals surface area contributed by atoms with E-state index < -0.39 is 5.69 Å². The third-order valence-electron chi connectivity index (χ3n) is 4.75. The van der Waals surface area contributed by atoms with E-state index in [4.69, 9.17) is 4.42 Å². The van der Waals surface area contributed by atoms with Gasteiger partial charge in [-0.15, -0.1) is 5.10 Å². The number of pyridine rings is 1. The highest BCUT2D eigenvalue weighted by Crippen LogP contribution is 2.06. The van der Waals surface area contributed by atoms with Crippen molar-refractivity contribution in [1.82, 2.24) is 24.8 Å². The van der Waals surface area contributed by atoms with E-state index in [9.17, 15) is 14.4 Å². The Morgan fingerprint density at radius 1 is 1.03 bits per heavy atom. The number of rotatable bonds is 7. The summed E-state index contributed by atoms with van der Waals surface area (Å²) in [5.41, 5.74) is 2.29. The maximum Gasteiger partial charge on any atom is 0.350 e. The van der Waals surface area contributed by atoms with E-state index in [2.05, 4.69) is 15.7 Å². The second kappa shape index (κ2) is 8.70. The quantitative estimate of drug-likeness (QED) is 0.473. The minimum Gasteiger partial charge on any atom is -0.467 e. The van der Waals surface area contributed by atoms with Crippen LogP contribution in [0.25, 0.3) is 5.65 Å². The van der Waals surface area contributed by atoms with Crippen molar-refractivity contribution in [2.24, 2.45) is 0 Å². The number of furan rings is 1. The van der Waals surface area contributed by atoms with Gasteiger partial charge in [-0.25, -0.2) is 13.9 Å². The first kappa shape index (κ1) is 20.1. The van der Waals surface area contributed by atoms with Gasteiger partial charge >= 0.3 is 5.69 Å². The number of hydrogen-bond acceptors (Lipinski definition) is 5. The zero-order valence-electron chi connectivity index (χ0n) is 16.9. The number of nitrogens with zero attached hydrogens (tertiary/aromatic N) is 3. The highest BCUT2D eigenvalue weighted by Gasteiger charge is 2.13. The molecule has 0 atom stereocenters. The van der Waals surface area contributed by atoms with Gasteiger partial charge in [-0.05, 0) is 36.8 Å². The first-order valence-electron chi connectivity index (χ1n) is 9.71. The summed E-state index contributed by atoms with van der Waals surface area (Å²) >= 11 is 0. The zero-order chi connectivity index (χ0) is 21.8. The SMILES string of the molecule is Cc1ccc(CNC(=O)c2ccc3nn(CC(=O)NCc4ccco4)c(=O)n3c2)cc1. The molecule has 9 nitrogen and oxygen atoms in total. The molecule has 0 aliphatic rings.